The van der Waals surface area contributed by atoms with E-state index in [2.05, 4.69) is 31.3 Å². The second-order valence-electron chi connectivity index (χ2n) is 6.66. The standard InChI is InChI=1S/C22H25NO5/c1-14-5-6-18(11-15(14)2)8-10-22(26)23-13-19-7-9-20(27-16(3)24)21(12-19)28-17(4)25/h5-7,9,11-12H,8,10,13H2,1-4H3,(H,23,26). The van der Waals surface area contributed by atoms with Gasteiger partial charge in [-0.25, -0.2) is 0 Å². The number of carbonyl (C=O) groups excluding carboxylic acids is 3. The lowest BCUT2D eigenvalue weighted by atomic mass is 10.0. The Morgan fingerprint density at radius 3 is 2.11 bits per heavy atom. The van der Waals surface area contributed by atoms with Gasteiger partial charge in [0.15, 0.2) is 11.5 Å². The Balaban J connectivity index is 1.94. The number of rotatable bonds is 7. The average Bonchev–Trinajstić information content (AvgIpc) is 2.62. The summed E-state index contributed by atoms with van der Waals surface area (Å²) in [5.41, 5.74) is 4.30. The van der Waals surface area contributed by atoms with Crippen LogP contribution in [-0.4, -0.2) is 17.8 Å². The first-order valence-electron chi connectivity index (χ1n) is 9.07. The number of nitrogens with one attached hydrogen (secondary N) is 1. The van der Waals surface area contributed by atoms with Crippen molar-refractivity contribution in [2.45, 2.75) is 47.1 Å². The zero-order valence-electron chi connectivity index (χ0n) is 16.6. The first kappa shape index (κ1) is 21.2. The van der Waals surface area contributed by atoms with Crippen molar-refractivity contribution in [3.63, 3.8) is 0 Å². The van der Waals surface area contributed by atoms with Crippen molar-refractivity contribution >= 4 is 17.8 Å². The van der Waals surface area contributed by atoms with Gasteiger partial charge in [0, 0.05) is 26.8 Å². The molecule has 6 heteroatoms. The van der Waals surface area contributed by atoms with E-state index >= 15 is 0 Å². The maximum absolute atomic E-state index is 12.2. The summed E-state index contributed by atoms with van der Waals surface area (Å²) in [6.07, 6.45) is 1.04. The molecule has 0 radical (unpaired) electrons. The molecule has 0 heterocycles. The Morgan fingerprint density at radius 2 is 1.46 bits per heavy atom. The van der Waals surface area contributed by atoms with Crippen molar-refractivity contribution < 1.29 is 23.9 Å². The van der Waals surface area contributed by atoms with Crippen LogP contribution in [0.5, 0.6) is 11.5 Å². The van der Waals surface area contributed by atoms with Crippen molar-refractivity contribution in [3.05, 3.63) is 58.7 Å². The van der Waals surface area contributed by atoms with Gasteiger partial charge < -0.3 is 14.8 Å². The van der Waals surface area contributed by atoms with Crippen LogP contribution in [0.3, 0.4) is 0 Å². The predicted molar refractivity (Wildman–Crippen MR) is 105 cm³/mol. The monoisotopic (exact) mass is 383 g/mol. The Bertz CT molecular complexity index is 888. The van der Waals surface area contributed by atoms with Gasteiger partial charge in [-0.15, -0.1) is 0 Å². The van der Waals surface area contributed by atoms with Crippen molar-refractivity contribution in [2.75, 3.05) is 0 Å². The molecular formula is C22H25NO5. The van der Waals surface area contributed by atoms with Crippen LogP contribution in [0.15, 0.2) is 36.4 Å². The SMILES string of the molecule is CC(=O)Oc1ccc(CNC(=O)CCc2ccc(C)c(C)c2)cc1OC(C)=O. The maximum atomic E-state index is 12.2. The Labute approximate surface area is 164 Å². The van der Waals surface area contributed by atoms with Gasteiger partial charge in [-0.2, -0.15) is 0 Å². The Kier molecular flexibility index (Phi) is 7.32. The molecule has 0 bridgehead atoms. The van der Waals surface area contributed by atoms with Crippen molar-refractivity contribution in [1.29, 1.82) is 0 Å². The average molecular weight is 383 g/mol. The van der Waals surface area contributed by atoms with Gasteiger partial charge in [0.1, 0.15) is 0 Å². The van der Waals surface area contributed by atoms with Crippen LogP contribution in [0, 0.1) is 13.8 Å². The van der Waals surface area contributed by atoms with Gasteiger partial charge >= 0.3 is 11.9 Å². The lowest BCUT2D eigenvalue weighted by molar-refractivity contribution is -0.134. The van der Waals surface area contributed by atoms with E-state index in [4.69, 9.17) is 9.47 Å². The fourth-order valence-corrected chi connectivity index (χ4v) is 2.64. The highest BCUT2D eigenvalue weighted by Crippen LogP contribution is 2.29. The third-order valence-electron chi connectivity index (χ3n) is 4.22. The van der Waals surface area contributed by atoms with Gasteiger partial charge in [0.05, 0.1) is 0 Å². The first-order valence-corrected chi connectivity index (χ1v) is 9.07. The molecule has 0 aliphatic rings. The number of esters is 2. The summed E-state index contributed by atoms with van der Waals surface area (Å²) in [5, 5.41) is 2.85. The maximum Gasteiger partial charge on any atom is 0.308 e. The van der Waals surface area contributed by atoms with E-state index < -0.39 is 11.9 Å². The van der Waals surface area contributed by atoms with E-state index in [1.54, 1.807) is 12.1 Å². The van der Waals surface area contributed by atoms with E-state index in [-0.39, 0.29) is 24.0 Å². The molecule has 0 atom stereocenters. The van der Waals surface area contributed by atoms with Gasteiger partial charge in [-0.3, -0.25) is 14.4 Å². The molecule has 1 amide bonds. The third-order valence-corrected chi connectivity index (χ3v) is 4.22. The van der Waals surface area contributed by atoms with Crippen LogP contribution in [-0.2, 0) is 27.3 Å². The summed E-state index contributed by atoms with van der Waals surface area (Å²) in [6.45, 7) is 6.92. The molecule has 1 N–H and O–H groups in total. The van der Waals surface area contributed by atoms with Crippen LogP contribution in [0.2, 0.25) is 0 Å². The highest BCUT2D eigenvalue weighted by Gasteiger charge is 2.12. The normalized spacial score (nSPS) is 10.3. The molecule has 0 saturated heterocycles. The molecular weight excluding hydrogens is 358 g/mol. The first-order chi connectivity index (χ1) is 13.2. The molecule has 0 aliphatic carbocycles. The number of aryl methyl sites for hydroxylation is 3. The van der Waals surface area contributed by atoms with E-state index in [0.717, 1.165) is 11.1 Å². The van der Waals surface area contributed by atoms with E-state index in [1.165, 1.54) is 31.0 Å². The van der Waals surface area contributed by atoms with Crippen LogP contribution in [0.4, 0.5) is 0 Å². The van der Waals surface area contributed by atoms with Crippen molar-refractivity contribution in [2.24, 2.45) is 0 Å². The summed E-state index contributed by atoms with van der Waals surface area (Å²) in [6, 6.07) is 11.0. The smallest absolute Gasteiger partial charge is 0.308 e. The van der Waals surface area contributed by atoms with Gasteiger partial charge in [-0.1, -0.05) is 24.3 Å². The zero-order valence-corrected chi connectivity index (χ0v) is 16.6. The minimum absolute atomic E-state index is 0.0728. The van der Waals surface area contributed by atoms with Gasteiger partial charge in [0.2, 0.25) is 5.91 Å². The lowest BCUT2D eigenvalue weighted by Gasteiger charge is -2.11. The molecule has 2 aromatic rings. The second kappa shape index (κ2) is 9.69. The molecule has 2 aromatic carbocycles. The largest absolute Gasteiger partial charge is 0.423 e. The summed E-state index contributed by atoms with van der Waals surface area (Å²) in [4.78, 5) is 34.6. The Hall–Kier alpha value is -3.15. The fraction of sp³-hybridized carbons (Fsp3) is 0.318. The molecule has 6 nitrogen and oxygen atoms in total. The molecule has 0 fully saturated rings. The number of hydrogen-bond acceptors (Lipinski definition) is 5. The minimum atomic E-state index is -0.525. The molecule has 0 saturated carbocycles. The van der Waals surface area contributed by atoms with E-state index in [0.29, 0.717) is 12.8 Å². The highest BCUT2D eigenvalue weighted by atomic mass is 16.6. The van der Waals surface area contributed by atoms with E-state index in [9.17, 15) is 14.4 Å². The zero-order chi connectivity index (χ0) is 20.7. The topological polar surface area (TPSA) is 81.7 Å². The summed E-state index contributed by atoms with van der Waals surface area (Å²) >= 11 is 0. The molecule has 0 unspecified atom stereocenters. The molecule has 0 spiro atoms. The summed E-state index contributed by atoms with van der Waals surface area (Å²) < 4.78 is 10.1. The van der Waals surface area contributed by atoms with Crippen LogP contribution >= 0.6 is 0 Å². The van der Waals surface area contributed by atoms with Gasteiger partial charge in [0.25, 0.3) is 0 Å². The molecule has 0 aliphatic heterocycles. The third kappa shape index (κ3) is 6.54. The highest BCUT2D eigenvalue weighted by molar-refractivity contribution is 5.76. The van der Waals surface area contributed by atoms with Crippen molar-refractivity contribution in [3.8, 4) is 11.5 Å². The van der Waals surface area contributed by atoms with E-state index in [1.807, 2.05) is 6.07 Å². The predicted octanol–water partition coefficient (Wildman–Crippen LogP) is 3.40. The number of carbonyl (C=O) groups is 3. The quantitative estimate of drug-likeness (QED) is 0.585. The molecule has 28 heavy (non-hydrogen) atoms. The second-order valence-corrected chi connectivity index (χ2v) is 6.66. The number of amides is 1. The van der Waals surface area contributed by atoms with Crippen LogP contribution in [0.1, 0.15) is 42.5 Å². The molecule has 0 aromatic heterocycles. The van der Waals surface area contributed by atoms with Crippen LogP contribution in [0.25, 0.3) is 0 Å². The van der Waals surface area contributed by atoms with Gasteiger partial charge in [-0.05, 0) is 54.7 Å². The molecule has 148 valence electrons. The summed E-state index contributed by atoms with van der Waals surface area (Å²) in [7, 11) is 0. The number of ether oxygens (including phenoxy) is 2. The number of benzene rings is 2. The minimum Gasteiger partial charge on any atom is -0.423 e. The Morgan fingerprint density at radius 1 is 0.821 bits per heavy atom. The fourth-order valence-electron chi connectivity index (χ4n) is 2.64. The van der Waals surface area contributed by atoms with Crippen molar-refractivity contribution in [1.82, 2.24) is 5.32 Å². The van der Waals surface area contributed by atoms with Crippen LogP contribution < -0.4 is 14.8 Å². The summed E-state index contributed by atoms with van der Waals surface area (Å²) in [5.74, 6) is -0.808. The lowest BCUT2D eigenvalue weighted by Crippen LogP contribution is -2.23. The molecule has 2 rings (SSSR count). The number of hydrogen-bond donors (Lipinski definition) is 1.